The summed E-state index contributed by atoms with van der Waals surface area (Å²) >= 11 is 0. The fourth-order valence-electron chi connectivity index (χ4n) is 1.50. The Morgan fingerprint density at radius 1 is 0.882 bits per heavy atom. The predicted molar refractivity (Wildman–Crippen MR) is 64.3 cm³/mol. The molecule has 0 fully saturated rings. The number of unbranched alkanes of at least 4 members (excludes halogenated alkanes) is 7. The number of hydrogen-bond donors (Lipinski definition) is 0. The van der Waals surface area contributed by atoms with Crippen molar-refractivity contribution in [1.29, 1.82) is 0 Å². The van der Waals surface area contributed by atoms with Gasteiger partial charge in [0.25, 0.3) is 0 Å². The zero-order valence-electron chi connectivity index (χ0n) is 10.9. The van der Waals surface area contributed by atoms with Crippen molar-refractivity contribution in [3.63, 3.8) is 0 Å². The Labute approximate surface area is 115 Å². The second-order valence-corrected chi connectivity index (χ2v) is 4.17. The smallest absolute Gasteiger partial charge is 0.374 e. The number of carbonyl (C=O) groups excluding carboxylic acids is 2. The zero-order valence-corrected chi connectivity index (χ0v) is 12.0. The molecule has 1 radical (unpaired) electrons. The van der Waals surface area contributed by atoms with Gasteiger partial charge in [-0.1, -0.05) is 51.9 Å². The molecule has 0 aromatic carbocycles. The monoisotopic (exact) mass is 287 g/mol. The van der Waals surface area contributed by atoms with Crippen molar-refractivity contribution < 1.29 is 31.1 Å². The molecule has 0 bridgehead atoms. The summed E-state index contributed by atoms with van der Waals surface area (Å²) in [6.07, 6.45) is 9.65. The standard InChI is InChI=1S/C13H24O3.Co/c1-3-4-5-6-7-8-9-10-11-16-13(15)12(2)14;/h3-11H2,1-2H3;. The zero-order chi connectivity index (χ0) is 12.2. The van der Waals surface area contributed by atoms with Crippen LogP contribution in [0.1, 0.15) is 65.2 Å². The van der Waals surface area contributed by atoms with E-state index in [1.54, 1.807) is 0 Å². The fraction of sp³-hybridized carbons (Fsp3) is 0.846. The normalized spacial score (nSPS) is 9.53. The summed E-state index contributed by atoms with van der Waals surface area (Å²) in [5, 5.41) is 0. The molecule has 0 aliphatic carbocycles. The van der Waals surface area contributed by atoms with Crippen LogP contribution < -0.4 is 0 Å². The maximum atomic E-state index is 10.8. The Kier molecular flexibility index (Phi) is 15.3. The van der Waals surface area contributed by atoms with Gasteiger partial charge in [0.15, 0.2) is 0 Å². The Morgan fingerprint density at radius 2 is 1.35 bits per heavy atom. The van der Waals surface area contributed by atoms with E-state index in [9.17, 15) is 9.59 Å². The van der Waals surface area contributed by atoms with Crippen LogP contribution in [0.5, 0.6) is 0 Å². The van der Waals surface area contributed by atoms with Crippen molar-refractivity contribution in [1.82, 2.24) is 0 Å². The van der Waals surface area contributed by atoms with Gasteiger partial charge in [-0.05, 0) is 6.42 Å². The molecular formula is C13H24CoO3. The summed E-state index contributed by atoms with van der Waals surface area (Å²) in [5.41, 5.74) is 0. The third-order valence-electron chi connectivity index (χ3n) is 2.52. The molecule has 0 saturated heterocycles. The minimum atomic E-state index is -0.706. The van der Waals surface area contributed by atoms with Gasteiger partial charge in [-0.25, -0.2) is 4.79 Å². The van der Waals surface area contributed by atoms with Gasteiger partial charge in [0.2, 0.25) is 5.78 Å². The van der Waals surface area contributed by atoms with E-state index in [2.05, 4.69) is 6.92 Å². The fourth-order valence-corrected chi connectivity index (χ4v) is 1.50. The first-order chi connectivity index (χ1) is 7.68. The number of ether oxygens (including phenoxy) is 1. The van der Waals surface area contributed by atoms with E-state index in [1.165, 1.54) is 45.4 Å². The van der Waals surface area contributed by atoms with Gasteiger partial charge in [-0.15, -0.1) is 0 Å². The van der Waals surface area contributed by atoms with Gasteiger partial charge >= 0.3 is 5.97 Å². The van der Waals surface area contributed by atoms with Crippen LogP contribution in [0, 0.1) is 0 Å². The Hall–Kier alpha value is -0.354. The average Bonchev–Trinajstić information content (AvgIpc) is 2.26. The van der Waals surface area contributed by atoms with E-state index in [0.29, 0.717) is 6.61 Å². The molecule has 4 heteroatoms. The first-order valence-corrected chi connectivity index (χ1v) is 6.36. The molecule has 0 spiro atoms. The van der Waals surface area contributed by atoms with Crippen molar-refractivity contribution >= 4 is 11.8 Å². The number of esters is 1. The summed E-state index contributed by atoms with van der Waals surface area (Å²) < 4.78 is 4.76. The van der Waals surface area contributed by atoms with Crippen molar-refractivity contribution in [3.05, 3.63) is 0 Å². The van der Waals surface area contributed by atoms with Crippen LogP contribution >= 0.6 is 0 Å². The van der Waals surface area contributed by atoms with E-state index in [4.69, 9.17) is 4.74 Å². The number of ketones is 1. The number of carbonyl (C=O) groups is 2. The molecule has 0 aromatic heterocycles. The second-order valence-electron chi connectivity index (χ2n) is 4.17. The van der Waals surface area contributed by atoms with Gasteiger partial charge in [-0.2, -0.15) is 0 Å². The predicted octanol–water partition coefficient (Wildman–Crippen LogP) is 3.26. The molecule has 0 N–H and O–H groups in total. The van der Waals surface area contributed by atoms with Gasteiger partial charge in [-0.3, -0.25) is 4.79 Å². The molecular weight excluding hydrogens is 263 g/mol. The summed E-state index contributed by atoms with van der Waals surface area (Å²) in [5.74, 6) is -1.22. The Balaban J connectivity index is 0. The summed E-state index contributed by atoms with van der Waals surface area (Å²) in [6, 6.07) is 0. The quantitative estimate of drug-likeness (QED) is 0.352. The molecule has 0 aliphatic rings. The molecule has 0 amide bonds. The largest absolute Gasteiger partial charge is 0.460 e. The van der Waals surface area contributed by atoms with Gasteiger partial charge in [0.1, 0.15) is 0 Å². The van der Waals surface area contributed by atoms with Crippen molar-refractivity contribution in [2.75, 3.05) is 6.61 Å². The number of rotatable bonds is 10. The van der Waals surface area contributed by atoms with E-state index >= 15 is 0 Å². The maximum absolute atomic E-state index is 10.8. The molecule has 17 heavy (non-hydrogen) atoms. The molecule has 0 rings (SSSR count). The SMILES string of the molecule is CCCCCCCCCCOC(=O)C(C)=O.[Co]. The molecule has 103 valence electrons. The van der Waals surface area contributed by atoms with Crippen LogP contribution in [-0.4, -0.2) is 18.4 Å². The van der Waals surface area contributed by atoms with E-state index in [-0.39, 0.29) is 16.8 Å². The topological polar surface area (TPSA) is 43.4 Å². The van der Waals surface area contributed by atoms with Crippen LogP contribution in [-0.2, 0) is 31.1 Å². The van der Waals surface area contributed by atoms with Gasteiger partial charge in [0.05, 0.1) is 6.61 Å². The molecule has 0 heterocycles. The second kappa shape index (κ2) is 13.7. The van der Waals surface area contributed by atoms with Crippen LogP contribution in [0.15, 0.2) is 0 Å². The number of Topliss-reactive ketones (excluding diaryl/α,β-unsaturated/α-hetero) is 1. The van der Waals surface area contributed by atoms with Crippen LogP contribution in [0.2, 0.25) is 0 Å². The molecule has 0 unspecified atom stereocenters. The third kappa shape index (κ3) is 13.6. The van der Waals surface area contributed by atoms with Gasteiger partial charge < -0.3 is 4.74 Å². The van der Waals surface area contributed by atoms with Crippen LogP contribution in [0.4, 0.5) is 0 Å². The van der Waals surface area contributed by atoms with Gasteiger partial charge in [0, 0.05) is 23.7 Å². The number of hydrogen-bond acceptors (Lipinski definition) is 3. The molecule has 3 nitrogen and oxygen atoms in total. The molecule has 0 atom stereocenters. The Morgan fingerprint density at radius 3 is 1.82 bits per heavy atom. The molecule has 0 aliphatic heterocycles. The Bertz CT molecular complexity index is 205. The van der Waals surface area contributed by atoms with Crippen molar-refractivity contribution in [3.8, 4) is 0 Å². The average molecular weight is 287 g/mol. The van der Waals surface area contributed by atoms with E-state index in [0.717, 1.165) is 12.8 Å². The van der Waals surface area contributed by atoms with E-state index < -0.39 is 11.8 Å². The maximum Gasteiger partial charge on any atom is 0.374 e. The minimum absolute atomic E-state index is 0. The first-order valence-electron chi connectivity index (χ1n) is 6.36. The van der Waals surface area contributed by atoms with Crippen LogP contribution in [0.25, 0.3) is 0 Å². The summed E-state index contributed by atoms with van der Waals surface area (Å²) in [6.45, 7) is 3.83. The summed E-state index contributed by atoms with van der Waals surface area (Å²) in [7, 11) is 0. The molecule has 0 saturated carbocycles. The molecule has 0 aromatic rings. The minimum Gasteiger partial charge on any atom is -0.460 e. The third-order valence-corrected chi connectivity index (χ3v) is 2.52. The van der Waals surface area contributed by atoms with E-state index in [1.807, 2.05) is 0 Å². The van der Waals surface area contributed by atoms with Crippen molar-refractivity contribution in [2.24, 2.45) is 0 Å². The van der Waals surface area contributed by atoms with Crippen molar-refractivity contribution in [2.45, 2.75) is 65.2 Å². The first kappa shape index (κ1) is 19.0. The van der Waals surface area contributed by atoms with Crippen LogP contribution in [0.3, 0.4) is 0 Å². The summed E-state index contributed by atoms with van der Waals surface area (Å²) in [4.78, 5) is 21.3.